The van der Waals surface area contributed by atoms with Gasteiger partial charge in [0.1, 0.15) is 0 Å². The number of rotatable bonds is 3. The molecule has 0 aromatic heterocycles. The Balaban J connectivity index is 1.89. The summed E-state index contributed by atoms with van der Waals surface area (Å²) in [6, 6.07) is 3.82. The van der Waals surface area contributed by atoms with Gasteiger partial charge in [-0.15, -0.1) is 0 Å². The average Bonchev–Trinajstić information content (AvgIpc) is 2.98. The fourth-order valence-electron chi connectivity index (χ4n) is 2.95. The number of hydrogen-bond acceptors (Lipinski definition) is 5. The van der Waals surface area contributed by atoms with Crippen LogP contribution in [0.5, 0.6) is 0 Å². The van der Waals surface area contributed by atoms with Crippen molar-refractivity contribution in [3.05, 3.63) is 32.8 Å². The SMILES string of the molecule is O=[N+]([O-])c1ccc(S(=O)(=O)N2C[C@H]3CNC[C@H]3C2)cc1Br. The molecule has 2 fully saturated rings. The fourth-order valence-corrected chi connectivity index (χ4v) is 5.21. The second-order valence-electron chi connectivity index (χ2n) is 5.37. The molecule has 0 radical (unpaired) electrons. The van der Waals surface area contributed by atoms with Gasteiger partial charge < -0.3 is 5.32 Å². The van der Waals surface area contributed by atoms with E-state index in [-0.39, 0.29) is 15.1 Å². The Hall–Kier alpha value is -1.03. The summed E-state index contributed by atoms with van der Waals surface area (Å²) in [7, 11) is -3.59. The van der Waals surface area contributed by atoms with Crippen molar-refractivity contribution in [3.8, 4) is 0 Å². The lowest BCUT2D eigenvalue weighted by molar-refractivity contribution is -0.385. The maximum absolute atomic E-state index is 12.6. The van der Waals surface area contributed by atoms with Gasteiger partial charge >= 0.3 is 0 Å². The molecule has 0 amide bonds. The number of halogens is 1. The van der Waals surface area contributed by atoms with E-state index in [0.29, 0.717) is 24.9 Å². The van der Waals surface area contributed by atoms with Gasteiger partial charge in [-0.2, -0.15) is 4.31 Å². The second-order valence-corrected chi connectivity index (χ2v) is 8.16. The first-order valence-electron chi connectivity index (χ1n) is 6.54. The molecule has 1 aromatic carbocycles. The minimum absolute atomic E-state index is 0.0907. The lowest BCUT2D eigenvalue weighted by Crippen LogP contribution is -2.31. The number of nitrogens with one attached hydrogen (secondary N) is 1. The van der Waals surface area contributed by atoms with E-state index in [4.69, 9.17) is 0 Å². The van der Waals surface area contributed by atoms with Crippen molar-refractivity contribution >= 4 is 31.6 Å². The molecule has 2 aliphatic heterocycles. The number of benzene rings is 1. The Morgan fingerprint density at radius 3 is 2.43 bits per heavy atom. The third-order valence-corrected chi connectivity index (χ3v) is 6.57. The van der Waals surface area contributed by atoms with Gasteiger partial charge in [0, 0.05) is 19.2 Å². The van der Waals surface area contributed by atoms with E-state index in [0.717, 1.165) is 13.1 Å². The van der Waals surface area contributed by atoms with Crippen LogP contribution in [0.3, 0.4) is 0 Å². The molecule has 0 unspecified atom stereocenters. The predicted molar refractivity (Wildman–Crippen MR) is 79.4 cm³/mol. The molecule has 3 rings (SSSR count). The molecule has 114 valence electrons. The van der Waals surface area contributed by atoms with Crippen molar-refractivity contribution in [2.24, 2.45) is 11.8 Å². The van der Waals surface area contributed by atoms with Gasteiger partial charge in [-0.05, 0) is 53.0 Å². The molecule has 2 saturated heterocycles. The molecule has 2 atom stereocenters. The molecule has 7 nitrogen and oxygen atoms in total. The molecule has 2 aliphatic rings. The zero-order chi connectivity index (χ0) is 15.2. The normalized spacial score (nSPS) is 26.0. The van der Waals surface area contributed by atoms with Crippen LogP contribution in [0.1, 0.15) is 0 Å². The molecular formula is C12H14BrN3O4S. The number of fused-ring (bicyclic) bond motifs is 1. The summed E-state index contributed by atoms with van der Waals surface area (Å²) in [6.45, 7) is 2.71. The van der Waals surface area contributed by atoms with Crippen molar-refractivity contribution in [2.75, 3.05) is 26.2 Å². The van der Waals surface area contributed by atoms with Crippen LogP contribution in [-0.2, 0) is 10.0 Å². The maximum Gasteiger partial charge on any atom is 0.283 e. The summed E-state index contributed by atoms with van der Waals surface area (Å²) >= 11 is 3.06. The first-order chi connectivity index (χ1) is 9.89. The Labute approximate surface area is 130 Å². The number of nitrogens with zero attached hydrogens (tertiary/aromatic N) is 2. The van der Waals surface area contributed by atoms with E-state index in [1.807, 2.05) is 0 Å². The summed E-state index contributed by atoms with van der Waals surface area (Å²) in [5.74, 6) is 0.725. The highest BCUT2D eigenvalue weighted by molar-refractivity contribution is 9.10. The number of nitro benzene ring substituents is 1. The topological polar surface area (TPSA) is 92.5 Å². The van der Waals surface area contributed by atoms with E-state index >= 15 is 0 Å². The summed E-state index contributed by atoms with van der Waals surface area (Å²) in [5.41, 5.74) is -0.142. The molecule has 0 saturated carbocycles. The van der Waals surface area contributed by atoms with Gasteiger partial charge in [0.05, 0.1) is 14.3 Å². The lowest BCUT2D eigenvalue weighted by atomic mass is 10.0. The molecule has 0 bridgehead atoms. The van der Waals surface area contributed by atoms with Gasteiger partial charge in [-0.25, -0.2) is 8.42 Å². The quantitative estimate of drug-likeness (QED) is 0.632. The minimum Gasteiger partial charge on any atom is -0.316 e. The van der Waals surface area contributed by atoms with Crippen molar-refractivity contribution in [1.82, 2.24) is 9.62 Å². The summed E-state index contributed by atoms with van der Waals surface area (Å²) < 4.78 is 26.9. The summed E-state index contributed by atoms with van der Waals surface area (Å²) in [6.07, 6.45) is 0. The van der Waals surface area contributed by atoms with Gasteiger partial charge in [-0.1, -0.05) is 0 Å². The van der Waals surface area contributed by atoms with Crippen LogP contribution in [0.15, 0.2) is 27.6 Å². The van der Waals surface area contributed by atoms with Crippen LogP contribution in [0.4, 0.5) is 5.69 Å². The minimum atomic E-state index is -3.59. The van der Waals surface area contributed by atoms with E-state index in [9.17, 15) is 18.5 Å². The largest absolute Gasteiger partial charge is 0.316 e. The zero-order valence-corrected chi connectivity index (χ0v) is 13.4. The molecule has 0 spiro atoms. The molecule has 1 N–H and O–H groups in total. The van der Waals surface area contributed by atoms with E-state index in [2.05, 4.69) is 21.2 Å². The second kappa shape index (κ2) is 5.31. The monoisotopic (exact) mass is 375 g/mol. The highest BCUT2D eigenvalue weighted by Crippen LogP contribution is 2.33. The van der Waals surface area contributed by atoms with E-state index < -0.39 is 14.9 Å². The van der Waals surface area contributed by atoms with Gasteiger partial charge in [0.2, 0.25) is 10.0 Å². The third-order valence-electron chi connectivity index (χ3n) is 4.11. The van der Waals surface area contributed by atoms with Crippen LogP contribution in [0.25, 0.3) is 0 Å². The number of sulfonamides is 1. The fraction of sp³-hybridized carbons (Fsp3) is 0.500. The Morgan fingerprint density at radius 1 is 1.29 bits per heavy atom. The van der Waals surface area contributed by atoms with Crippen molar-refractivity contribution in [3.63, 3.8) is 0 Å². The Morgan fingerprint density at radius 2 is 1.90 bits per heavy atom. The lowest BCUT2D eigenvalue weighted by Gasteiger charge is -2.17. The van der Waals surface area contributed by atoms with Crippen LogP contribution in [-0.4, -0.2) is 43.8 Å². The molecule has 0 aliphatic carbocycles. The van der Waals surface area contributed by atoms with Crippen molar-refractivity contribution in [2.45, 2.75) is 4.90 Å². The molecular weight excluding hydrogens is 362 g/mol. The summed E-state index contributed by atoms with van der Waals surface area (Å²) in [5, 5.41) is 14.0. The Kier molecular flexibility index (Phi) is 3.76. The third kappa shape index (κ3) is 2.59. The highest BCUT2D eigenvalue weighted by atomic mass is 79.9. The molecule has 21 heavy (non-hydrogen) atoms. The molecule has 1 aromatic rings. The van der Waals surface area contributed by atoms with Crippen molar-refractivity contribution < 1.29 is 13.3 Å². The molecule has 2 heterocycles. The van der Waals surface area contributed by atoms with E-state index in [1.165, 1.54) is 22.5 Å². The standard InChI is InChI=1S/C12H14BrN3O4S/c13-11-3-10(1-2-12(11)16(17)18)21(19,20)15-6-8-4-14-5-9(8)7-15/h1-3,8-9,14H,4-7H2/t8-,9+. The molecule has 9 heteroatoms. The van der Waals surface area contributed by atoms with Gasteiger partial charge in [0.15, 0.2) is 0 Å². The first kappa shape index (κ1) is 14.9. The maximum atomic E-state index is 12.6. The van der Waals surface area contributed by atoms with Gasteiger partial charge in [-0.3, -0.25) is 10.1 Å². The van der Waals surface area contributed by atoms with Crippen LogP contribution < -0.4 is 5.32 Å². The predicted octanol–water partition coefficient (Wildman–Crippen LogP) is 1.20. The van der Waals surface area contributed by atoms with Crippen LogP contribution in [0, 0.1) is 22.0 Å². The number of nitro groups is 1. The van der Waals surface area contributed by atoms with Gasteiger partial charge in [0.25, 0.3) is 5.69 Å². The Bertz CT molecular complexity index is 682. The zero-order valence-electron chi connectivity index (χ0n) is 11.0. The summed E-state index contributed by atoms with van der Waals surface area (Å²) in [4.78, 5) is 10.3. The average molecular weight is 376 g/mol. The number of hydrogen-bond donors (Lipinski definition) is 1. The van der Waals surface area contributed by atoms with Crippen LogP contribution in [0.2, 0.25) is 0 Å². The smallest absolute Gasteiger partial charge is 0.283 e. The van der Waals surface area contributed by atoms with E-state index in [1.54, 1.807) is 0 Å². The van der Waals surface area contributed by atoms with Crippen molar-refractivity contribution in [1.29, 1.82) is 0 Å². The highest BCUT2D eigenvalue weighted by Gasteiger charge is 2.41. The first-order valence-corrected chi connectivity index (χ1v) is 8.77. The van der Waals surface area contributed by atoms with Crippen LogP contribution >= 0.6 is 15.9 Å².